The maximum atomic E-state index is 5.73. The van der Waals surface area contributed by atoms with Crippen LogP contribution >= 0.6 is 0 Å². The molecule has 0 saturated heterocycles. The van der Waals surface area contributed by atoms with Crippen LogP contribution in [0.1, 0.15) is 27.7 Å². The topological polar surface area (TPSA) is 44.5 Å². The minimum Gasteiger partial charge on any atom is -0.356 e. The van der Waals surface area contributed by atoms with Gasteiger partial charge in [0.25, 0.3) is 0 Å². The largest absolute Gasteiger partial charge is 0.356 e. The van der Waals surface area contributed by atoms with Crippen LogP contribution in [0.15, 0.2) is 0 Å². The summed E-state index contributed by atoms with van der Waals surface area (Å²) in [6.45, 7) is 7.97. The zero-order valence-electron chi connectivity index (χ0n) is 8.70. The molecule has 0 saturated carbocycles. The Morgan fingerprint density at radius 3 is 1.92 bits per heavy atom. The molecule has 0 spiro atoms. The molecule has 0 aliphatic carbocycles. The predicted molar refractivity (Wildman–Crippen MR) is 49.8 cm³/mol. The van der Waals surface area contributed by atoms with E-state index in [1.165, 1.54) is 0 Å². The Morgan fingerprint density at radius 1 is 1.08 bits per heavy atom. The Balaban J connectivity index is 3.78. The smallest absolute Gasteiger partial charge is 0.154 e. The first-order valence-corrected chi connectivity index (χ1v) is 4.42. The molecule has 74 valence electrons. The third-order valence-electron chi connectivity index (χ3n) is 2.31. The lowest BCUT2D eigenvalue weighted by Crippen LogP contribution is -2.35. The fraction of sp³-hybridized carbons (Fsp3) is 1.00. The van der Waals surface area contributed by atoms with E-state index in [1.54, 1.807) is 7.11 Å². The lowest BCUT2D eigenvalue weighted by Gasteiger charge is -2.25. The number of nitrogens with two attached hydrogens (primary N) is 1. The summed E-state index contributed by atoms with van der Waals surface area (Å²) >= 11 is 0. The van der Waals surface area contributed by atoms with E-state index in [0.29, 0.717) is 5.92 Å². The van der Waals surface area contributed by atoms with E-state index in [9.17, 15) is 0 Å². The summed E-state index contributed by atoms with van der Waals surface area (Å²) in [4.78, 5) is 0. The highest BCUT2D eigenvalue weighted by Crippen LogP contribution is 2.12. The first kappa shape index (κ1) is 11.9. The Bertz CT molecular complexity index is 117. The van der Waals surface area contributed by atoms with Crippen LogP contribution in [0, 0.1) is 5.92 Å². The first-order chi connectivity index (χ1) is 5.49. The molecule has 0 aliphatic rings. The molecule has 0 heterocycles. The minimum absolute atomic E-state index is 0.139. The van der Waals surface area contributed by atoms with Gasteiger partial charge in [0.05, 0.1) is 6.10 Å². The van der Waals surface area contributed by atoms with Gasteiger partial charge < -0.3 is 15.2 Å². The van der Waals surface area contributed by atoms with Crippen molar-refractivity contribution in [3.8, 4) is 0 Å². The molecule has 0 aromatic rings. The monoisotopic (exact) mass is 175 g/mol. The van der Waals surface area contributed by atoms with Crippen LogP contribution in [0.25, 0.3) is 0 Å². The van der Waals surface area contributed by atoms with Gasteiger partial charge in [0.2, 0.25) is 0 Å². The van der Waals surface area contributed by atoms with Crippen LogP contribution in [0.2, 0.25) is 0 Å². The average Bonchev–Trinajstić information content (AvgIpc) is 2.02. The van der Waals surface area contributed by atoms with Gasteiger partial charge in [-0.1, -0.05) is 6.92 Å². The second-order valence-electron chi connectivity index (χ2n) is 3.36. The lowest BCUT2D eigenvalue weighted by atomic mass is 9.99. The van der Waals surface area contributed by atoms with E-state index in [0.717, 1.165) is 0 Å². The van der Waals surface area contributed by atoms with Crippen LogP contribution in [0.4, 0.5) is 0 Å². The molecular weight excluding hydrogens is 154 g/mol. The van der Waals surface area contributed by atoms with Gasteiger partial charge in [-0.15, -0.1) is 0 Å². The van der Waals surface area contributed by atoms with Crippen molar-refractivity contribution in [1.82, 2.24) is 0 Å². The summed E-state index contributed by atoms with van der Waals surface area (Å²) in [6.07, 6.45) is -0.0128. The van der Waals surface area contributed by atoms with E-state index < -0.39 is 0 Å². The van der Waals surface area contributed by atoms with E-state index in [2.05, 4.69) is 6.92 Å². The number of ether oxygens (including phenoxy) is 2. The summed E-state index contributed by atoms with van der Waals surface area (Å²) in [5.41, 5.74) is 5.73. The highest BCUT2D eigenvalue weighted by molar-refractivity contribution is 4.69. The van der Waals surface area contributed by atoms with Gasteiger partial charge in [0.15, 0.2) is 6.29 Å². The molecule has 4 unspecified atom stereocenters. The van der Waals surface area contributed by atoms with Crippen LogP contribution in [0.5, 0.6) is 0 Å². The number of methoxy groups -OCH3 is 1. The first-order valence-electron chi connectivity index (χ1n) is 4.42. The molecule has 0 fully saturated rings. The second kappa shape index (κ2) is 5.51. The minimum atomic E-state index is -0.152. The zero-order valence-corrected chi connectivity index (χ0v) is 8.70. The van der Waals surface area contributed by atoms with Gasteiger partial charge in [0.1, 0.15) is 0 Å². The molecule has 0 bridgehead atoms. The summed E-state index contributed by atoms with van der Waals surface area (Å²) in [5, 5.41) is 0. The third kappa shape index (κ3) is 4.04. The highest BCUT2D eigenvalue weighted by Gasteiger charge is 2.18. The van der Waals surface area contributed by atoms with Gasteiger partial charge in [-0.25, -0.2) is 0 Å². The number of hydrogen-bond donors (Lipinski definition) is 1. The molecule has 0 rings (SSSR count). The maximum Gasteiger partial charge on any atom is 0.154 e. The molecular formula is C9H21NO2. The van der Waals surface area contributed by atoms with Gasteiger partial charge in [-0.3, -0.25) is 0 Å². The van der Waals surface area contributed by atoms with E-state index in [4.69, 9.17) is 15.2 Å². The van der Waals surface area contributed by atoms with Crippen LogP contribution in [0.3, 0.4) is 0 Å². The fourth-order valence-corrected chi connectivity index (χ4v) is 0.909. The van der Waals surface area contributed by atoms with Crippen molar-refractivity contribution >= 4 is 0 Å². The number of hydrogen-bond acceptors (Lipinski definition) is 3. The fourth-order valence-electron chi connectivity index (χ4n) is 0.909. The Kier molecular flexibility index (Phi) is 5.46. The standard InChI is InChI=1S/C9H21NO2/c1-6(7(2)10)8(3)12-9(4)11-5/h6-9H,10H2,1-5H3. The zero-order chi connectivity index (χ0) is 9.72. The number of rotatable bonds is 5. The molecule has 2 N–H and O–H groups in total. The van der Waals surface area contributed by atoms with Crippen molar-refractivity contribution in [2.24, 2.45) is 11.7 Å². The summed E-state index contributed by atoms with van der Waals surface area (Å²) < 4.78 is 10.5. The van der Waals surface area contributed by atoms with Crippen LogP contribution in [-0.4, -0.2) is 25.5 Å². The van der Waals surface area contributed by atoms with Gasteiger partial charge >= 0.3 is 0 Å². The molecule has 4 atom stereocenters. The molecule has 0 radical (unpaired) electrons. The maximum absolute atomic E-state index is 5.73. The van der Waals surface area contributed by atoms with Crippen molar-refractivity contribution in [2.75, 3.05) is 7.11 Å². The Labute approximate surface area is 75.2 Å². The lowest BCUT2D eigenvalue weighted by molar-refractivity contribution is -0.152. The van der Waals surface area contributed by atoms with Gasteiger partial charge in [-0.05, 0) is 26.7 Å². The van der Waals surface area contributed by atoms with Crippen LogP contribution < -0.4 is 5.73 Å². The molecule has 0 aromatic carbocycles. The predicted octanol–water partition coefficient (Wildman–Crippen LogP) is 1.37. The van der Waals surface area contributed by atoms with Crippen molar-refractivity contribution in [3.05, 3.63) is 0 Å². The molecule has 0 amide bonds. The quantitative estimate of drug-likeness (QED) is 0.642. The third-order valence-corrected chi connectivity index (χ3v) is 2.31. The molecule has 12 heavy (non-hydrogen) atoms. The van der Waals surface area contributed by atoms with Crippen molar-refractivity contribution in [3.63, 3.8) is 0 Å². The highest BCUT2D eigenvalue weighted by atomic mass is 16.7. The Hall–Kier alpha value is -0.120. The van der Waals surface area contributed by atoms with E-state index in [-0.39, 0.29) is 18.4 Å². The Morgan fingerprint density at radius 2 is 1.58 bits per heavy atom. The van der Waals surface area contributed by atoms with Crippen molar-refractivity contribution in [2.45, 2.75) is 46.1 Å². The summed E-state index contributed by atoms with van der Waals surface area (Å²) in [5.74, 6) is 0.350. The molecule has 3 nitrogen and oxygen atoms in total. The molecule has 3 heteroatoms. The normalized spacial score (nSPS) is 21.5. The van der Waals surface area contributed by atoms with Gasteiger partial charge in [0, 0.05) is 13.2 Å². The van der Waals surface area contributed by atoms with Crippen LogP contribution in [-0.2, 0) is 9.47 Å². The van der Waals surface area contributed by atoms with Crippen molar-refractivity contribution < 1.29 is 9.47 Å². The SMILES string of the molecule is COC(C)OC(C)C(C)C(C)N. The van der Waals surface area contributed by atoms with Gasteiger partial charge in [-0.2, -0.15) is 0 Å². The van der Waals surface area contributed by atoms with E-state index >= 15 is 0 Å². The van der Waals surface area contributed by atoms with E-state index in [1.807, 2.05) is 20.8 Å². The summed E-state index contributed by atoms with van der Waals surface area (Å²) in [7, 11) is 1.63. The second-order valence-corrected chi connectivity index (χ2v) is 3.36. The average molecular weight is 175 g/mol. The summed E-state index contributed by atoms with van der Waals surface area (Å²) in [6, 6.07) is 0.157. The molecule has 0 aliphatic heterocycles. The molecule has 0 aromatic heterocycles. The van der Waals surface area contributed by atoms with Crippen molar-refractivity contribution in [1.29, 1.82) is 0 Å².